The maximum Gasteiger partial charge on any atom is 0.130 e. The quantitative estimate of drug-likeness (QED) is 0.662. The lowest BCUT2D eigenvalue weighted by Crippen LogP contribution is -1.86. The minimum Gasteiger partial charge on any atom is -0.237 e. The van der Waals surface area contributed by atoms with Gasteiger partial charge in [-0.1, -0.05) is 35.7 Å². The molecule has 3 rings (SSSR count). The van der Waals surface area contributed by atoms with Crippen LogP contribution in [-0.4, -0.2) is 15.1 Å². The number of aromatic nitrogens is 2. The van der Waals surface area contributed by atoms with Crippen molar-refractivity contribution in [1.82, 2.24) is 9.97 Å². The number of hydrogen-bond donors (Lipinski definition) is 0. The molecule has 1 aromatic carbocycles. The molecular weight excluding hydrogens is 200 g/mol. The van der Waals surface area contributed by atoms with E-state index in [4.69, 9.17) is 0 Å². The fourth-order valence-corrected chi connectivity index (χ4v) is 3.44. The van der Waals surface area contributed by atoms with E-state index in [9.17, 15) is 0 Å². The molecule has 0 amide bonds. The smallest absolute Gasteiger partial charge is 0.130 e. The maximum atomic E-state index is 4.54. The predicted octanol–water partition coefficient (Wildman–Crippen LogP) is 2.79. The van der Waals surface area contributed by atoms with Crippen molar-refractivity contribution in [3.63, 3.8) is 0 Å². The van der Waals surface area contributed by atoms with Crippen LogP contribution in [0, 0.1) is 0 Å². The standard InChI is InChI=1S/C9H6N2S2/c1-2-4-7-6(3-1)10-8-9(11-7)13-5-12-8/h1-4H,5H2. The van der Waals surface area contributed by atoms with Crippen molar-refractivity contribution < 1.29 is 0 Å². The van der Waals surface area contributed by atoms with Gasteiger partial charge in [-0.3, -0.25) is 0 Å². The Hall–Kier alpha value is -0.740. The molecule has 2 aromatic rings. The van der Waals surface area contributed by atoms with E-state index < -0.39 is 0 Å². The zero-order valence-corrected chi connectivity index (χ0v) is 8.36. The molecule has 0 saturated carbocycles. The molecule has 1 aliphatic rings. The molecule has 0 bridgehead atoms. The third-order valence-electron chi connectivity index (χ3n) is 1.90. The Labute approximate surface area is 84.2 Å². The molecule has 0 spiro atoms. The second-order valence-corrected chi connectivity index (χ2v) is 5.02. The summed E-state index contributed by atoms with van der Waals surface area (Å²) in [4.78, 5) is 9.07. The van der Waals surface area contributed by atoms with Crippen LogP contribution in [0.1, 0.15) is 0 Å². The van der Waals surface area contributed by atoms with E-state index in [2.05, 4.69) is 9.97 Å². The van der Waals surface area contributed by atoms with Gasteiger partial charge >= 0.3 is 0 Å². The van der Waals surface area contributed by atoms with Gasteiger partial charge < -0.3 is 0 Å². The highest BCUT2D eigenvalue weighted by molar-refractivity contribution is 8.18. The van der Waals surface area contributed by atoms with Crippen molar-refractivity contribution in [3.05, 3.63) is 24.3 Å². The molecule has 0 N–H and O–H groups in total. The summed E-state index contributed by atoms with van der Waals surface area (Å²) in [5, 5.41) is 3.22. The Morgan fingerprint density at radius 3 is 2.00 bits per heavy atom. The van der Waals surface area contributed by atoms with Gasteiger partial charge in [-0.25, -0.2) is 9.97 Å². The lowest BCUT2D eigenvalue weighted by molar-refractivity contribution is 0.981. The second-order valence-electron chi connectivity index (χ2n) is 2.73. The van der Waals surface area contributed by atoms with Gasteiger partial charge in [0.1, 0.15) is 10.1 Å². The van der Waals surface area contributed by atoms with E-state index in [1.54, 1.807) is 23.5 Å². The summed E-state index contributed by atoms with van der Waals surface area (Å²) < 4.78 is 0. The van der Waals surface area contributed by atoms with Crippen LogP contribution in [0.5, 0.6) is 0 Å². The Bertz CT molecular complexity index is 428. The lowest BCUT2D eigenvalue weighted by atomic mass is 10.3. The number of benzene rings is 1. The first-order valence-electron chi connectivity index (χ1n) is 3.96. The number of nitrogens with zero attached hydrogens (tertiary/aromatic N) is 2. The van der Waals surface area contributed by atoms with Crippen LogP contribution in [0.2, 0.25) is 0 Å². The summed E-state index contributed by atoms with van der Waals surface area (Å²) in [5.74, 6) is 0. The highest BCUT2D eigenvalue weighted by Gasteiger charge is 2.15. The van der Waals surface area contributed by atoms with E-state index in [1.807, 2.05) is 24.3 Å². The molecule has 4 heteroatoms. The molecule has 0 aliphatic carbocycles. The van der Waals surface area contributed by atoms with Crippen LogP contribution < -0.4 is 0 Å². The number of thioether (sulfide) groups is 2. The number of hydrogen-bond acceptors (Lipinski definition) is 4. The summed E-state index contributed by atoms with van der Waals surface area (Å²) in [6.07, 6.45) is 0. The van der Waals surface area contributed by atoms with Gasteiger partial charge in [-0.05, 0) is 12.1 Å². The molecule has 13 heavy (non-hydrogen) atoms. The normalized spacial score (nSPS) is 14.8. The van der Waals surface area contributed by atoms with Gasteiger partial charge in [0.05, 0.1) is 16.1 Å². The Morgan fingerprint density at radius 2 is 1.46 bits per heavy atom. The minimum absolute atomic E-state index is 0.997. The van der Waals surface area contributed by atoms with Gasteiger partial charge in [-0.2, -0.15) is 0 Å². The monoisotopic (exact) mass is 206 g/mol. The van der Waals surface area contributed by atoms with Gasteiger partial charge in [0.2, 0.25) is 0 Å². The lowest BCUT2D eigenvalue weighted by Gasteiger charge is -1.98. The molecule has 1 aromatic heterocycles. The van der Waals surface area contributed by atoms with Crippen molar-refractivity contribution in [2.45, 2.75) is 10.1 Å². The van der Waals surface area contributed by atoms with E-state index in [0.29, 0.717) is 0 Å². The van der Waals surface area contributed by atoms with Crippen molar-refractivity contribution in [2.24, 2.45) is 0 Å². The average Bonchev–Trinajstić information content (AvgIpc) is 2.61. The Balaban J connectivity index is 2.36. The van der Waals surface area contributed by atoms with Crippen molar-refractivity contribution in [1.29, 1.82) is 0 Å². The summed E-state index contributed by atoms with van der Waals surface area (Å²) in [5.41, 5.74) is 1.99. The summed E-state index contributed by atoms with van der Waals surface area (Å²) >= 11 is 3.54. The first kappa shape index (κ1) is 7.64. The Kier molecular flexibility index (Phi) is 1.70. The van der Waals surface area contributed by atoms with Crippen LogP contribution in [0.3, 0.4) is 0 Å². The van der Waals surface area contributed by atoms with Crippen LogP contribution >= 0.6 is 23.5 Å². The molecule has 0 radical (unpaired) electrons. The summed E-state index contributed by atoms with van der Waals surface area (Å²) in [7, 11) is 0. The van der Waals surface area contributed by atoms with Crippen LogP contribution in [-0.2, 0) is 0 Å². The van der Waals surface area contributed by atoms with Crippen LogP contribution in [0.25, 0.3) is 11.0 Å². The minimum atomic E-state index is 0.997. The summed E-state index contributed by atoms with van der Waals surface area (Å²) in [6, 6.07) is 8.00. The second kappa shape index (κ2) is 2.89. The van der Waals surface area contributed by atoms with Crippen molar-refractivity contribution >= 4 is 34.6 Å². The number of fused-ring (bicyclic) bond motifs is 2. The fourth-order valence-electron chi connectivity index (χ4n) is 1.30. The number of para-hydroxylation sites is 2. The van der Waals surface area contributed by atoms with E-state index in [-0.39, 0.29) is 0 Å². The van der Waals surface area contributed by atoms with Crippen LogP contribution in [0.15, 0.2) is 34.3 Å². The molecule has 0 unspecified atom stereocenters. The molecule has 2 nitrogen and oxygen atoms in total. The zero-order valence-electron chi connectivity index (χ0n) is 6.73. The molecule has 2 heterocycles. The Morgan fingerprint density at radius 1 is 0.923 bits per heavy atom. The zero-order chi connectivity index (χ0) is 8.67. The maximum absolute atomic E-state index is 4.54. The highest BCUT2D eigenvalue weighted by Crippen LogP contribution is 2.39. The third-order valence-corrected chi connectivity index (χ3v) is 4.09. The molecule has 64 valence electrons. The first-order chi connectivity index (χ1) is 6.43. The van der Waals surface area contributed by atoms with E-state index in [1.165, 1.54) is 0 Å². The summed E-state index contributed by atoms with van der Waals surface area (Å²) in [6.45, 7) is 0. The molecule has 1 aliphatic heterocycles. The largest absolute Gasteiger partial charge is 0.237 e. The first-order valence-corrected chi connectivity index (χ1v) is 5.93. The number of rotatable bonds is 0. The topological polar surface area (TPSA) is 25.8 Å². The van der Waals surface area contributed by atoms with E-state index in [0.717, 1.165) is 26.2 Å². The SMILES string of the molecule is c1ccc2nc3c(nc2c1)SCS3. The van der Waals surface area contributed by atoms with Crippen molar-refractivity contribution in [3.8, 4) is 0 Å². The van der Waals surface area contributed by atoms with Gasteiger partial charge in [0.15, 0.2) is 0 Å². The van der Waals surface area contributed by atoms with E-state index >= 15 is 0 Å². The van der Waals surface area contributed by atoms with Gasteiger partial charge in [0.25, 0.3) is 0 Å². The molecule has 0 saturated heterocycles. The molecule has 0 fully saturated rings. The predicted molar refractivity (Wildman–Crippen MR) is 56.1 cm³/mol. The van der Waals surface area contributed by atoms with Crippen molar-refractivity contribution in [2.75, 3.05) is 5.08 Å². The highest BCUT2D eigenvalue weighted by atomic mass is 32.2. The van der Waals surface area contributed by atoms with Crippen LogP contribution in [0.4, 0.5) is 0 Å². The van der Waals surface area contributed by atoms with Gasteiger partial charge in [0, 0.05) is 0 Å². The molecule has 0 atom stereocenters. The fraction of sp³-hybridized carbons (Fsp3) is 0.111. The molecular formula is C9H6N2S2. The average molecular weight is 206 g/mol. The third kappa shape index (κ3) is 1.21. The van der Waals surface area contributed by atoms with Gasteiger partial charge in [-0.15, -0.1) is 0 Å².